The second-order valence-corrected chi connectivity index (χ2v) is 5.20. The van der Waals surface area contributed by atoms with Crippen molar-refractivity contribution in [2.24, 2.45) is 0 Å². The Morgan fingerprint density at radius 3 is 2.58 bits per heavy atom. The van der Waals surface area contributed by atoms with Gasteiger partial charge in [-0.2, -0.15) is 0 Å². The van der Waals surface area contributed by atoms with Crippen molar-refractivity contribution >= 4 is 11.6 Å². The molecule has 0 amide bonds. The van der Waals surface area contributed by atoms with Gasteiger partial charge in [0.1, 0.15) is 0 Å². The van der Waals surface area contributed by atoms with E-state index in [-0.39, 0.29) is 0 Å². The van der Waals surface area contributed by atoms with Gasteiger partial charge in [0.15, 0.2) is 0 Å². The maximum atomic E-state index is 5.85. The van der Waals surface area contributed by atoms with Crippen LogP contribution in [0.2, 0.25) is 5.02 Å². The molecule has 0 unspecified atom stereocenters. The third-order valence-electron chi connectivity index (χ3n) is 3.34. The average Bonchev–Trinajstić information content (AvgIpc) is 2.72. The minimum atomic E-state index is 0.787. The molecule has 4 heteroatoms. The quantitative estimate of drug-likeness (QED) is 0.821. The van der Waals surface area contributed by atoms with E-state index in [0.29, 0.717) is 0 Å². The van der Waals surface area contributed by atoms with Gasteiger partial charge in [-0.05, 0) is 44.5 Å². The van der Waals surface area contributed by atoms with Crippen LogP contribution in [-0.2, 0) is 13.1 Å². The number of nitrogens with one attached hydrogen (secondary N) is 1. The predicted molar refractivity (Wildman–Crippen MR) is 79.5 cm³/mol. The van der Waals surface area contributed by atoms with Gasteiger partial charge in [0.25, 0.3) is 0 Å². The lowest BCUT2D eigenvalue weighted by atomic mass is 10.2. The number of aromatic nitrogens is 2. The highest BCUT2D eigenvalue weighted by Crippen LogP contribution is 2.09. The van der Waals surface area contributed by atoms with Crippen molar-refractivity contribution in [3.05, 3.63) is 52.6 Å². The molecule has 2 rings (SSSR count). The zero-order valence-corrected chi connectivity index (χ0v) is 12.2. The van der Waals surface area contributed by atoms with Crippen molar-refractivity contribution in [3.63, 3.8) is 0 Å². The zero-order chi connectivity index (χ0) is 13.7. The van der Waals surface area contributed by atoms with E-state index in [1.54, 1.807) is 0 Å². The van der Waals surface area contributed by atoms with Crippen LogP contribution < -0.4 is 5.32 Å². The van der Waals surface area contributed by atoms with Gasteiger partial charge in [-0.1, -0.05) is 23.7 Å². The number of benzene rings is 1. The summed E-state index contributed by atoms with van der Waals surface area (Å²) in [5, 5.41) is 4.23. The molecular weight excluding hydrogens is 258 g/mol. The van der Waals surface area contributed by atoms with Crippen LogP contribution in [-0.4, -0.2) is 16.1 Å². The van der Waals surface area contributed by atoms with Crippen LogP contribution in [0.25, 0.3) is 0 Å². The number of imidazole rings is 1. The summed E-state index contributed by atoms with van der Waals surface area (Å²) in [5.41, 5.74) is 3.64. The van der Waals surface area contributed by atoms with Gasteiger partial charge in [-0.25, -0.2) is 4.98 Å². The zero-order valence-electron chi connectivity index (χ0n) is 11.5. The van der Waals surface area contributed by atoms with Crippen LogP contribution in [0, 0.1) is 13.8 Å². The van der Waals surface area contributed by atoms with Crippen LogP contribution in [0.15, 0.2) is 30.6 Å². The SMILES string of the molecule is Cc1ncn(CCCNCc2ccc(Cl)cc2)c1C. The Kier molecular flexibility index (Phi) is 5.00. The minimum absolute atomic E-state index is 0.787. The third kappa shape index (κ3) is 4.08. The summed E-state index contributed by atoms with van der Waals surface area (Å²) in [7, 11) is 0. The molecule has 19 heavy (non-hydrogen) atoms. The predicted octanol–water partition coefficient (Wildman–Crippen LogP) is 3.33. The fraction of sp³-hybridized carbons (Fsp3) is 0.400. The van der Waals surface area contributed by atoms with Gasteiger partial charge in [0, 0.05) is 23.8 Å². The van der Waals surface area contributed by atoms with Crippen molar-refractivity contribution in [1.82, 2.24) is 14.9 Å². The Bertz CT molecular complexity index is 517. The largest absolute Gasteiger partial charge is 0.335 e. The molecule has 3 nitrogen and oxygen atoms in total. The number of halogens is 1. The van der Waals surface area contributed by atoms with Gasteiger partial charge >= 0.3 is 0 Å². The first-order chi connectivity index (χ1) is 9.16. The van der Waals surface area contributed by atoms with E-state index < -0.39 is 0 Å². The molecule has 102 valence electrons. The first-order valence-electron chi connectivity index (χ1n) is 6.60. The average molecular weight is 278 g/mol. The fourth-order valence-corrected chi connectivity index (χ4v) is 2.10. The van der Waals surface area contributed by atoms with Crippen molar-refractivity contribution in [2.75, 3.05) is 6.54 Å². The molecule has 0 spiro atoms. The summed E-state index contributed by atoms with van der Waals surface area (Å²) in [5.74, 6) is 0. The Labute approximate surface area is 119 Å². The molecular formula is C15H20ClN3. The fourth-order valence-electron chi connectivity index (χ4n) is 1.98. The Hall–Kier alpha value is -1.32. The summed E-state index contributed by atoms with van der Waals surface area (Å²) in [4.78, 5) is 4.30. The number of nitrogens with zero attached hydrogens (tertiary/aromatic N) is 2. The molecule has 1 heterocycles. The molecule has 1 aromatic heterocycles. The van der Waals surface area contributed by atoms with Crippen molar-refractivity contribution in [2.45, 2.75) is 33.4 Å². The van der Waals surface area contributed by atoms with E-state index in [2.05, 4.69) is 33.9 Å². The van der Waals surface area contributed by atoms with Gasteiger partial charge < -0.3 is 9.88 Å². The molecule has 1 N–H and O–H groups in total. The van der Waals surface area contributed by atoms with E-state index in [4.69, 9.17) is 11.6 Å². The molecule has 2 aromatic rings. The van der Waals surface area contributed by atoms with Crippen LogP contribution in [0.4, 0.5) is 0 Å². The smallest absolute Gasteiger partial charge is 0.0951 e. The number of aryl methyl sites for hydroxylation is 2. The Morgan fingerprint density at radius 1 is 1.21 bits per heavy atom. The summed E-state index contributed by atoms with van der Waals surface area (Å²) < 4.78 is 2.21. The molecule has 0 aliphatic heterocycles. The van der Waals surface area contributed by atoms with Crippen molar-refractivity contribution in [3.8, 4) is 0 Å². The van der Waals surface area contributed by atoms with Gasteiger partial charge in [-0.3, -0.25) is 0 Å². The van der Waals surface area contributed by atoms with Gasteiger partial charge in [-0.15, -0.1) is 0 Å². The molecule has 0 saturated carbocycles. The van der Waals surface area contributed by atoms with E-state index in [1.807, 2.05) is 25.4 Å². The summed E-state index contributed by atoms with van der Waals surface area (Å²) in [6.45, 7) is 7.06. The molecule has 0 bridgehead atoms. The first-order valence-corrected chi connectivity index (χ1v) is 6.98. The Balaban J connectivity index is 1.67. The molecule has 0 saturated heterocycles. The van der Waals surface area contributed by atoms with E-state index >= 15 is 0 Å². The maximum Gasteiger partial charge on any atom is 0.0951 e. The lowest BCUT2D eigenvalue weighted by Gasteiger charge is -2.07. The highest BCUT2D eigenvalue weighted by Gasteiger charge is 2.00. The van der Waals surface area contributed by atoms with E-state index in [1.165, 1.54) is 11.3 Å². The summed E-state index contributed by atoms with van der Waals surface area (Å²) >= 11 is 5.85. The molecule has 0 atom stereocenters. The molecule has 0 aliphatic carbocycles. The van der Waals surface area contributed by atoms with Crippen LogP contribution >= 0.6 is 11.6 Å². The highest BCUT2D eigenvalue weighted by molar-refractivity contribution is 6.30. The van der Waals surface area contributed by atoms with Gasteiger partial charge in [0.2, 0.25) is 0 Å². The molecule has 0 radical (unpaired) electrons. The summed E-state index contributed by atoms with van der Waals surface area (Å²) in [6, 6.07) is 7.96. The number of hydrogen-bond donors (Lipinski definition) is 1. The lowest BCUT2D eigenvalue weighted by molar-refractivity contribution is 0.573. The second kappa shape index (κ2) is 6.73. The van der Waals surface area contributed by atoms with Crippen molar-refractivity contribution in [1.29, 1.82) is 0 Å². The number of hydrogen-bond acceptors (Lipinski definition) is 2. The van der Waals surface area contributed by atoms with Crippen molar-refractivity contribution < 1.29 is 0 Å². The highest BCUT2D eigenvalue weighted by atomic mass is 35.5. The Morgan fingerprint density at radius 2 is 1.95 bits per heavy atom. The monoisotopic (exact) mass is 277 g/mol. The van der Waals surface area contributed by atoms with Crippen LogP contribution in [0.5, 0.6) is 0 Å². The molecule has 0 fully saturated rings. The standard InChI is InChI=1S/C15H20ClN3/c1-12-13(2)19(11-18-12)9-3-8-17-10-14-4-6-15(16)7-5-14/h4-7,11,17H,3,8-10H2,1-2H3. The van der Waals surface area contributed by atoms with E-state index in [9.17, 15) is 0 Å². The maximum absolute atomic E-state index is 5.85. The number of rotatable bonds is 6. The molecule has 1 aromatic carbocycles. The van der Waals surface area contributed by atoms with Crippen LogP contribution in [0.1, 0.15) is 23.4 Å². The minimum Gasteiger partial charge on any atom is -0.335 e. The summed E-state index contributed by atoms with van der Waals surface area (Å²) in [6.07, 6.45) is 3.02. The topological polar surface area (TPSA) is 29.9 Å². The second-order valence-electron chi connectivity index (χ2n) is 4.77. The third-order valence-corrected chi connectivity index (χ3v) is 3.59. The van der Waals surface area contributed by atoms with Gasteiger partial charge in [0.05, 0.1) is 12.0 Å². The van der Waals surface area contributed by atoms with Crippen LogP contribution in [0.3, 0.4) is 0 Å². The molecule has 0 aliphatic rings. The first kappa shape index (κ1) is 14.1. The normalized spacial score (nSPS) is 10.9. The lowest BCUT2D eigenvalue weighted by Crippen LogP contribution is -2.16. The van der Waals surface area contributed by atoms with E-state index in [0.717, 1.165) is 36.8 Å².